The first-order valence-electron chi connectivity index (χ1n) is 12.8. The number of carbonyl (C=O) groups is 3. The Bertz CT molecular complexity index is 1180. The van der Waals surface area contributed by atoms with Crippen LogP contribution in [0.25, 0.3) is 11.1 Å². The molecule has 2 N–H and O–H groups in total. The number of carbonyl (C=O) groups excluding carboxylic acids is 2. The van der Waals surface area contributed by atoms with E-state index in [9.17, 15) is 19.5 Å². The Kier molecular flexibility index (Phi) is 8.12. The van der Waals surface area contributed by atoms with Gasteiger partial charge < -0.3 is 25.0 Å². The molecule has 9 heteroatoms. The standard InChI is InChI=1S/C28H36N4O5/c1-17(2)11-24-23(13-29-28(35)36)27(20-7-5-18(3)6-8-20)22(19(4)30-24)12-25(33)31-9-10-32-21(14-31)15-37-16-26(32)34/h5-8,17,21,29H,9-16H2,1-4H3,(H,35,36). The lowest BCUT2D eigenvalue weighted by Gasteiger charge is -2.43. The maximum absolute atomic E-state index is 13.6. The molecule has 1 unspecified atom stereocenters. The fourth-order valence-electron chi connectivity index (χ4n) is 5.22. The van der Waals surface area contributed by atoms with Crippen LogP contribution in [0.2, 0.25) is 0 Å². The zero-order valence-electron chi connectivity index (χ0n) is 22.0. The second-order valence-electron chi connectivity index (χ2n) is 10.4. The van der Waals surface area contributed by atoms with E-state index in [1.54, 1.807) is 4.90 Å². The number of amides is 3. The number of morpholine rings is 1. The maximum Gasteiger partial charge on any atom is 0.404 e. The summed E-state index contributed by atoms with van der Waals surface area (Å²) in [5.41, 5.74) is 6.16. The van der Waals surface area contributed by atoms with Crippen LogP contribution >= 0.6 is 0 Å². The molecule has 0 aliphatic carbocycles. The topological polar surface area (TPSA) is 112 Å². The van der Waals surface area contributed by atoms with Crippen molar-refractivity contribution in [3.63, 3.8) is 0 Å². The molecule has 198 valence electrons. The van der Waals surface area contributed by atoms with Crippen molar-refractivity contribution in [1.82, 2.24) is 20.1 Å². The lowest BCUT2D eigenvalue weighted by atomic mass is 9.88. The fourth-order valence-corrected chi connectivity index (χ4v) is 5.22. The third-order valence-electron chi connectivity index (χ3n) is 7.07. The molecule has 9 nitrogen and oxygen atoms in total. The minimum Gasteiger partial charge on any atom is -0.465 e. The highest BCUT2D eigenvalue weighted by atomic mass is 16.5. The van der Waals surface area contributed by atoms with Gasteiger partial charge in [0.15, 0.2) is 0 Å². The Balaban J connectivity index is 1.73. The molecule has 2 fully saturated rings. The van der Waals surface area contributed by atoms with Crippen LogP contribution in [0.3, 0.4) is 0 Å². The van der Waals surface area contributed by atoms with Crippen molar-refractivity contribution in [3.8, 4) is 11.1 Å². The molecular weight excluding hydrogens is 472 g/mol. The molecular formula is C28H36N4O5. The summed E-state index contributed by atoms with van der Waals surface area (Å²) in [4.78, 5) is 45.7. The first-order valence-corrected chi connectivity index (χ1v) is 12.8. The molecule has 2 aliphatic heterocycles. The number of piperazine rings is 1. The molecule has 1 aromatic carbocycles. The maximum atomic E-state index is 13.6. The smallest absolute Gasteiger partial charge is 0.404 e. The zero-order chi connectivity index (χ0) is 26.7. The molecule has 1 atom stereocenters. The minimum absolute atomic E-state index is 0.0265. The van der Waals surface area contributed by atoms with E-state index in [2.05, 4.69) is 19.2 Å². The van der Waals surface area contributed by atoms with Crippen LogP contribution < -0.4 is 5.32 Å². The number of benzene rings is 1. The summed E-state index contributed by atoms with van der Waals surface area (Å²) in [6, 6.07) is 7.95. The Morgan fingerprint density at radius 1 is 1.16 bits per heavy atom. The van der Waals surface area contributed by atoms with Crippen LogP contribution in [-0.4, -0.2) is 76.7 Å². The highest BCUT2D eigenvalue weighted by Gasteiger charge is 2.35. The van der Waals surface area contributed by atoms with Gasteiger partial charge in [0.1, 0.15) is 6.61 Å². The number of pyridine rings is 1. The van der Waals surface area contributed by atoms with Gasteiger partial charge in [0.2, 0.25) is 11.8 Å². The second-order valence-corrected chi connectivity index (χ2v) is 10.4. The van der Waals surface area contributed by atoms with Gasteiger partial charge in [-0.3, -0.25) is 14.6 Å². The summed E-state index contributed by atoms with van der Waals surface area (Å²) in [6.45, 7) is 10.2. The molecule has 2 aromatic rings. The SMILES string of the molecule is Cc1ccc(-c2c(CC(=O)N3CCN4C(=O)COCC4C3)c(C)nc(CC(C)C)c2CNC(=O)O)cc1. The van der Waals surface area contributed by atoms with Crippen LogP contribution in [0.1, 0.15) is 41.9 Å². The number of nitrogens with zero attached hydrogens (tertiary/aromatic N) is 3. The van der Waals surface area contributed by atoms with Gasteiger partial charge in [0, 0.05) is 43.1 Å². The summed E-state index contributed by atoms with van der Waals surface area (Å²) in [7, 11) is 0. The molecule has 1 aromatic heterocycles. The van der Waals surface area contributed by atoms with Gasteiger partial charge in [-0.15, -0.1) is 0 Å². The van der Waals surface area contributed by atoms with Crippen molar-refractivity contribution < 1.29 is 24.2 Å². The van der Waals surface area contributed by atoms with E-state index in [-0.39, 0.29) is 37.4 Å². The van der Waals surface area contributed by atoms with Crippen molar-refractivity contribution in [2.45, 2.75) is 53.1 Å². The number of carboxylic acid groups (broad SMARTS) is 1. The molecule has 0 saturated carbocycles. The number of aryl methyl sites for hydroxylation is 2. The van der Waals surface area contributed by atoms with Gasteiger partial charge in [-0.1, -0.05) is 43.7 Å². The number of fused-ring (bicyclic) bond motifs is 1. The number of nitrogens with one attached hydrogen (secondary N) is 1. The number of rotatable bonds is 7. The first-order chi connectivity index (χ1) is 17.6. The summed E-state index contributed by atoms with van der Waals surface area (Å²) >= 11 is 0. The molecule has 0 radical (unpaired) electrons. The molecule has 0 spiro atoms. The molecule has 4 rings (SSSR count). The normalized spacial score (nSPS) is 17.6. The summed E-state index contributed by atoms with van der Waals surface area (Å²) in [5.74, 6) is 0.261. The lowest BCUT2D eigenvalue weighted by molar-refractivity contribution is -0.156. The van der Waals surface area contributed by atoms with Gasteiger partial charge in [0.05, 0.1) is 19.1 Å². The van der Waals surface area contributed by atoms with Crippen molar-refractivity contribution in [2.75, 3.05) is 32.8 Å². The highest BCUT2D eigenvalue weighted by Crippen LogP contribution is 2.33. The zero-order valence-corrected chi connectivity index (χ0v) is 22.0. The lowest BCUT2D eigenvalue weighted by Crippen LogP contribution is -2.61. The quantitative estimate of drug-likeness (QED) is 0.595. The van der Waals surface area contributed by atoms with Crippen LogP contribution in [0.5, 0.6) is 0 Å². The number of aromatic nitrogens is 1. The molecule has 3 amide bonds. The average molecular weight is 509 g/mol. The Hall–Kier alpha value is -3.46. The Morgan fingerprint density at radius 3 is 2.57 bits per heavy atom. The van der Waals surface area contributed by atoms with Crippen molar-refractivity contribution in [1.29, 1.82) is 0 Å². The molecule has 2 aliphatic rings. The fraction of sp³-hybridized carbons (Fsp3) is 0.500. The van der Waals surface area contributed by atoms with E-state index in [1.807, 2.05) is 43.0 Å². The monoisotopic (exact) mass is 508 g/mol. The number of hydrogen-bond donors (Lipinski definition) is 2. The van der Waals surface area contributed by atoms with E-state index in [1.165, 1.54) is 0 Å². The van der Waals surface area contributed by atoms with E-state index < -0.39 is 6.09 Å². The van der Waals surface area contributed by atoms with E-state index in [4.69, 9.17) is 9.72 Å². The molecule has 2 saturated heterocycles. The van der Waals surface area contributed by atoms with E-state index in [0.29, 0.717) is 38.6 Å². The molecule has 37 heavy (non-hydrogen) atoms. The second kappa shape index (κ2) is 11.3. The predicted molar refractivity (Wildman–Crippen MR) is 139 cm³/mol. The predicted octanol–water partition coefficient (Wildman–Crippen LogP) is 2.94. The summed E-state index contributed by atoms with van der Waals surface area (Å²) in [6.07, 6.45) is -0.265. The largest absolute Gasteiger partial charge is 0.465 e. The minimum atomic E-state index is -1.11. The van der Waals surface area contributed by atoms with Crippen molar-refractivity contribution in [2.24, 2.45) is 5.92 Å². The molecule has 3 heterocycles. The van der Waals surface area contributed by atoms with Crippen LogP contribution in [0, 0.1) is 19.8 Å². The number of ether oxygens (including phenoxy) is 1. The molecule has 0 bridgehead atoms. The Labute approximate surface area is 217 Å². The highest BCUT2D eigenvalue weighted by molar-refractivity contribution is 5.85. The van der Waals surface area contributed by atoms with Crippen molar-refractivity contribution in [3.05, 3.63) is 52.3 Å². The van der Waals surface area contributed by atoms with Gasteiger partial charge >= 0.3 is 6.09 Å². The van der Waals surface area contributed by atoms with E-state index >= 15 is 0 Å². The summed E-state index contributed by atoms with van der Waals surface area (Å²) < 4.78 is 5.42. The third kappa shape index (κ3) is 6.10. The summed E-state index contributed by atoms with van der Waals surface area (Å²) in [5, 5.41) is 11.9. The van der Waals surface area contributed by atoms with E-state index in [0.717, 1.165) is 39.2 Å². The third-order valence-corrected chi connectivity index (χ3v) is 7.07. The van der Waals surface area contributed by atoms with Gasteiger partial charge in [-0.05, 0) is 42.9 Å². The van der Waals surface area contributed by atoms with Gasteiger partial charge in [-0.2, -0.15) is 0 Å². The van der Waals surface area contributed by atoms with Crippen LogP contribution in [-0.2, 0) is 33.7 Å². The van der Waals surface area contributed by atoms with Crippen LogP contribution in [0.4, 0.5) is 4.79 Å². The number of hydrogen-bond acceptors (Lipinski definition) is 5. The van der Waals surface area contributed by atoms with Gasteiger partial charge in [-0.25, -0.2) is 4.79 Å². The average Bonchev–Trinajstić information content (AvgIpc) is 2.84. The van der Waals surface area contributed by atoms with Gasteiger partial charge in [0.25, 0.3) is 0 Å². The Morgan fingerprint density at radius 2 is 1.89 bits per heavy atom. The van der Waals surface area contributed by atoms with Crippen LogP contribution in [0.15, 0.2) is 24.3 Å². The first kappa shape index (κ1) is 26.6. The van der Waals surface area contributed by atoms with Crippen molar-refractivity contribution >= 4 is 17.9 Å².